The van der Waals surface area contributed by atoms with E-state index in [0.29, 0.717) is 5.92 Å². The van der Waals surface area contributed by atoms with Crippen molar-refractivity contribution in [1.29, 1.82) is 0 Å². The van der Waals surface area contributed by atoms with Gasteiger partial charge in [-0.15, -0.1) is 0 Å². The van der Waals surface area contributed by atoms with Crippen LogP contribution in [0.15, 0.2) is 16.5 Å². The molecule has 1 aromatic rings. The van der Waals surface area contributed by atoms with Crippen LogP contribution in [0, 0.1) is 16.0 Å². The summed E-state index contributed by atoms with van der Waals surface area (Å²) in [4.78, 5) is 12.7. The Kier molecular flexibility index (Phi) is 3.52. The SMILES string of the molecule is O=[N+]([O-])c1ccc([C@H](C2CCC2)N2CCNCC2)o1. The Morgan fingerprint density at radius 1 is 1.37 bits per heavy atom. The second kappa shape index (κ2) is 5.30. The Bertz CT molecular complexity index is 450. The van der Waals surface area contributed by atoms with Gasteiger partial charge >= 0.3 is 5.88 Å². The van der Waals surface area contributed by atoms with Crippen LogP contribution >= 0.6 is 0 Å². The van der Waals surface area contributed by atoms with Crippen molar-refractivity contribution in [2.75, 3.05) is 26.2 Å². The number of nitrogens with zero attached hydrogens (tertiary/aromatic N) is 2. The van der Waals surface area contributed by atoms with Gasteiger partial charge in [-0.05, 0) is 24.8 Å². The molecular weight excluding hydrogens is 246 g/mol. The molecule has 0 amide bonds. The normalized spacial score (nSPS) is 22.9. The van der Waals surface area contributed by atoms with Gasteiger partial charge in [0.15, 0.2) is 0 Å². The van der Waals surface area contributed by atoms with Gasteiger partial charge in [0, 0.05) is 26.2 Å². The van der Waals surface area contributed by atoms with Crippen molar-refractivity contribution in [3.63, 3.8) is 0 Å². The number of nitro groups is 1. The molecule has 6 heteroatoms. The molecular formula is C13H19N3O3. The predicted octanol–water partition coefficient (Wildman–Crippen LogP) is 1.93. The first kappa shape index (κ1) is 12.6. The Hall–Kier alpha value is -1.40. The van der Waals surface area contributed by atoms with Crippen molar-refractivity contribution in [1.82, 2.24) is 10.2 Å². The zero-order valence-electron chi connectivity index (χ0n) is 10.9. The molecule has 1 saturated carbocycles. The van der Waals surface area contributed by atoms with Gasteiger partial charge in [-0.2, -0.15) is 0 Å². The van der Waals surface area contributed by atoms with Gasteiger partial charge in [-0.3, -0.25) is 15.0 Å². The highest BCUT2D eigenvalue weighted by Gasteiger charge is 2.36. The molecule has 0 aromatic carbocycles. The van der Waals surface area contributed by atoms with E-state index in [1.807, 2.05) is 0 Å². The van der Waals surface area contributed by atoms with E-state index in [0.717, 1.165) is 31.9 Å². The van der Waals surface area contributed by atoms with E-state index in [1.165, 1.54) is 25.3 Å². The predicted molar refractivity (Wildman–Crippen MR) is 69.9 cm³/mol. The van der Waals surface area contributed by atoms with Gasteiger partial charge < -0.3 is 9.73 Å². The minimum absolute atomic E-state index is 0.144. The third-order valence-electron chi connectivity index (χ3n) is 4.23. The van der Waals surface area contributed by atoms with E-state index in [4.69, 9.17) is 4.42 Å². The molecule has 1 atom stereocenters. The molecule has 3 rings (SSSR count). The second-order valence-electron chi connectivity index (χ2n) is 5.35. The molecule has 6 nitrogen and oxygen atoms in total. The lowest BCUT2D eigenvalue weighted by atomic mass is 9.78. The molecule has 1 saturated heterocycles. The highest BCUT2D eigenvalue weighted by Crippen LogP contribution is 2.42. The average molecular weight is 265 g/mol. The first-order valence-electron chi connectivity index (χ1n) is 6.94. The van der Waals surface area contributed by atoms with Crippen LogP contribution in [0.4, 0.5) is 5.88 Å². The maximum Gasteiger partial charge on any atom is 0.433 e. The van der Waals surface area contributed by atoms with Crippen molar-refractivity contribution >= 4 is 5.88 Å². The second-order valence-corrected chi connectivity index (χ2v) is 5.35. The number of hydrogen-bond donors (Lipinski definition) is 1. The van der Waals surface area contributed by atoms with Crippen LogP contribution < -0.4 is 5.32 Å². The molecule has 1 aliphatic carbocycles. The fourth-order valence-corrected chi connectivity index (χ4v) is 3.03. The highest BCUT2D eigenvalue weighted by atomic mass is 16.6. The summed E-state index contributed by atoms with van der Waals surface area (Å²) in [5.74, 6) is 1.21. The molecule has 0 bridgehead atoms. The van der Waals surface area contributed by atoms with Gasteiger partial charge in [0.2, 0.25) is 0 Å². The summed E-state index contributed by atoms with van der Waals surface area (Å²) in [6.45, 7) is 3.92. The van der Waals surface area contributed by atoms with E-state index in [1.54, 1.807) is 6.07 Å². The quantitative estimate of drug-likeness (QED) is 0.665. The Balaban J connectivity index is 1.82. The van der Waals surface area contributed by atoms with Crippen molar-refractivity contribution in [3.8, 4) is 0 Å². The van der Waals surface area contributed by atoms with Gasteiger partial charge in [-0.1, -0.05) is 6.42 Å². The molecule has 0 spiro atoms. The molecule has 2 heterocycles. The van der Waals surface area contributed by atoms with Crippen molar-refractivity contribution < 1.29 is 9.34 Å². The largest absolute Gasteiger partial charge is 0.433 e. The molecule has 2 aliphatic rings. The summed E-state index contributed by atoms with van der Waals surface area (Å²) in [6.07, 6.45) is 3.66. The fourth-order valence-electron chi connectivity index (χ4n) is 3.03. The molecule has 0 unspecified atom stereocenters. The monoisotopic (exact) mass is 265 g/mol. The minimum Gasteiger partial charge on any atom is -0.404 e. The third-order valence-corrected chi connectivity index (χ3v) is 4.23. The molecule has 2 fully saturated rings. The highest BCUT2D eigenvalue weighted by molar-refractivity contribution is 5.21. The fraction of sp³-hybridized carbons (Fsp3) is 0.692. The number of nitrogens with one attached hydrogen (secondary N) is 1. The lowest BCUT2D eigenvalue weighted by Gasteiger charge is -2.41. The molecule has 0 radical (unpaired) electrons. The first-order chi connectivity index (χ1) is 9.25. The topological polar surface area (TPSA) is 71.6 Å². The van der Waals surface area contributed by atoms with E-state index < -0.39 is 4.92 Å². The Labute approximate surface area is 111 Å². The lowest BCUT2D eigenvalue weighted by molar-refractivity contribution is -0.402. The van der Waals surface area contributed by atoms with Crippen LogP contribution in [0.25, 0.3) is 0 Å². The number of rotatable bonds is 4. The summed E-state index contributed by atoms with van der Waals surface area (Å²) in [6, 6.07) is 3.47. The van der Waals surface area contributed by atoms with Crippen molar-refractivity contribution in [2.45, 2.75) is 25.3 Å². The number of piperazine rings is 1. The smallest absolute Gasteiger partial charge is 0.404 e. The van der Waals surface area contributed by atoms with Crippen LogP contribution in [0.3, 0.4) is 0 Å². The third kappa shape index (κ3) is 2.50. The number of hydrogen-bond acceptors (Lipinski definition) is 5. The summed E-state index contributed by atoms with van der Waals surface area (Å²) in [5, 5.41) is 14.1. The van der Waals surface area contributed by atoms with Crippen molar-refractivity contribution in [3.05, 3.63) is 28.0 Å². The van der Waals surface area contributed by atoms with E-state index in [2.05, 4.69) is 10.2 Å². The van der Waals surface area contributed by atoms with Gasteiger partial charge in [0.05, 0.1) is 12.1 Å². The zero-order chi connectivity index (χ0) is 13.2. The summed E-state index contributed by atoms with van der Waals surface area (Å²) in [7, 11) is 0. The lowest BCUT2D eigenvalue weighted by Crippen LogP contribution is -2.47. The Morgan fingerprint density at radius 2 is 2.11 bits per heavy atom. The summed E-state index contributed by atoms with van der Waals surface area (Å²) in [5.41, 5.74) is 0. The van der Waals surface area contributed by atoms with Crippen LogP contribution in [0.2, 0.25) is 0 Å². The molecule has 104 valence electrons. The maximum absolute atomic E-state index is 10.8. The van der Waals surface area contributed by atoms with Gasteiger partial charge in [0.25, 0.3) is 0 Å². The standard InChI is InChI=1S/C13H19N3O3/c17-16(18)12-5-4-11(19-12)13(10-2-1-3-10)15-8-6-14-7-9-15/h4-5,10,13-14H,1-3,6-9H2/t13-/m0/s1. The van der Waals surface area contributed by atoms with Crippen molar-refractivity contribution in [2.24, 2.45) is 5.92 Å². The molecule has 19 heavy (non-hydrogen) atoms. The maximum atomic E-state index is 10.8. The minimum atomic E-state index is -0.459. The summed E-state index contributed by atoms with van der Waals surface area (Å²) < 4.78 is 5.46. The average Bonchev–Trinajstić information content (AvgIpc) is 2.84. The van der Waals surface area contributed by atoms with Crippen LogP contribution in [-0.2, 0) is 0 Å². The van der Waals surface area contributed by atoms with E-state index in [9.17, 15) is 10.1 Å². The van der Waals surface area contributed by atoms with Crippen LogP contribution in [0.1, 0.15) is 31.1 Å². The molecule has 1 aliphatic heterocycles. The summed E-state index contributed by atoms with van der Waals surface area (Å²) >= 11 is 0. The van der Waals surface area contributed by atoms with E-state index in [-0.39, 0.29) is 11.9 Å². The van der Waals surface area contributed by atoms with Crippen LogP contribution in [0.5, 0.6) is 0 Å². The van der Waals surface area contributed by atoms with Gasteiger partial charge in [-0.25, -0.2) is 0 Å². The zero-order valence-corrected chi connectivity index (χ0v) is 10.9. The number of furan rings is 1. The molecule has 1 aromatic heterocycles. The molecule has 1 N–H and O–H groups in total. The first-order valence-corrected chi connectivity index (χ1v) is 6.94. The van der Waals surface area contributed by atoms with Gasteiger partial charge in [0.1, 0.15) is 10.7 Å². The van der Waals surface area contributed by atoms with E-state index >= 15 is 0 Å². The van der Waals surface area contributed by atoms with Crippen LogP contribution in [-0.4, -0.2) is 36.0 Å². The Morgan fingerprint density at radius 3 is 2.63 bits per heavy atom.